The average Bonchev–Trinajstić information content (AvgIpc) is 3.06. The summed E-state index contributed by atoms with van der Waals surface area (Å²) in [5.74, 6) is -2.47. The minimum atomic E-state index is -0.947. The molecule has 1 aliphatic rings. The van der Waals surface area contributed by atoms with Gasteiger partial charge in [0.2, 0.25) is 0 Å². The lowest BCUT2D eigenvalue weighted by Crippen LogP contribution is -2.29. The van der Waals surface area contributed by atoms with Crippen molar-refractivity contribution in [3.05, 3.63) is 105 Å². The molecule has 162 valence electrons. The molecule has 0 spiro atoms. The minimum Gasteiger partial charge on any atom is -0.507 e. The lowest BCUT2D eigenvalue weighted by atomic mass is 9.95. The van der Waals surface area contributed by atoms with Crippen LogP contribution in [-0.4, -0.2) is 16.8 Å². The van der Waals surface area contributed by atoms with Gasteiger partial charge in [0.05, 0.1) is 21.7 Å². The number of ketones is 1. The molecule has 1 atom stereocenters. The van der Waals surface area contributed by atoms with E-state index in [-0.39, 0.29) is 26.9 Å². The normalized spacial score (nSPS) is 17.8. The summed E-state index contributed by atoms with van der Waals surface area (Å²) < 4.78 is 13.6. The van der Waals surface area contributed by atoms with Crippen molar-refractivity contribution >= 4 is 46.3 Å². The molecular formula is C25H18Cl2FNO3. The molecule has 1 saturated heterocycles. The van der Waals surface area contributed by atoms with Crippen LogP contribution in [-0.2, 0) is 16.0 Å². The highest BCUT2D eigenvalue weighted by Crippen LogP contribution is 2.42. The third-order valence-corrected chi connectivity index (χ3v) is 6.18. The van der Waals surface area contributed by atoms with Gasteiger partial charge in [0.1, 0.15) is 11.6 Å². The summed E-state index contributed by atoms with van der Waals surface area (Å²) in [5.41, 5.74) is 2.17. The van der Waals surface area contributed by atoms with Crippen LogP contribution in [0.3, 0.4) is 0 Å². The fourth-order valence-electron chi connectivity index (χ4n) is 3.75. The highest BCUT2D eigenvalue weighted by atomic mass is 35.5. The molecule has 1 unspecified atom stereocenters. The molecule has 4 rings (SSSR count). The van der Waals surface area contributed by atoms with Gasteiger partial charge in [-0.3, -0.25) is 14.5 Å². The fraction of sp³-hybridized carbons (Fsp3) is 0.120. The highest BCUT2D eigenvalue weighted by Gasteiger charge is 2.47. The molecule has 0 radical (unpaired) electrons. The molecule has 3 aromatic carbocycles. The first-order valence-electron chi connectivity index (χ1n) is 9.92. The summed E-state index contributed by atoms with van der Waals surface area (Å²) in [7, 11) is 0. The number of hydrogen-bond donors (Lipinski definition) is 1. The molecule has 0 bridgehead atoms. The number of rotatable bonds is 4. The molecule has 4 nitrogen and oxygen atoms in total. The largest absolute Gasteiger partial charge is 0.507 e. The summed E-state index contributed by atoms with van der Waals surface area (Å²) in [6.07, 6.45) is 0.817. The van der Waals surface area contributed by atoms with Crippen LogP contribution in [0.25, 0.3) is 5.76 Å². The van der Waals surface area contributed by atoms with Crippen molar-refractivity contribution in [2.75, 3.05) is 4.90 Å². The first kappa shape index (κ1) is 22.1. The van der Waals surface area contributed by atoms with Crippen LogP contribution in [0.4, 0.5) is 10.1 Å². The number of aliphatic hydroxyl groups excluding tert-OH is 1. The van der Waals surface area contributed by atoms with Gasteiger partial charge in [0, 0.05) is 11.3 Å². The second kappa shape index (κ2) is 8.77. The molecule has 1 fully saturated rings. The van der Waals surface area contributed by atoms with Gasteiger partial charge in [-0.05, 0) is 60.0 Å². The third kappa shape index (κ3) is 3.90. The quantitative estimate of drug-likeness (QED) is 0.276. The molecule has 1 heterocycles. The Morgan fingerprint density at radius 2 is 1.62 bits per heavy atom. The standard InChI is InChI=1S/C25H18Cl2FNO3/c1-2-14-3-10-18(11-4-14)29-22(15-5-8-17(28)9-6-15)21(24(31)25(29)32)23(30)16-7-12-19(26)20(27)13-16/h3-13,22,30H,2H2,1H3/b23-21-. The summed E-state index contributed by atoms with van der Waals surface area (Å²) in [5, 5.41) is 11.5. The van der Waals surface area contributed by atoms with Gasteiger partial charge in [-0.15, -0.1) is 0 Å². The maximum Gasteiger partial charge on any atom is 0.300 e. The predicted molar refractivity (Wildman–Crippen MR) is 123 cm³/mol. The Hall–Kier alpha value is -3.15. The van der Waals surface area contributed by atoms with Gasteiger partial charge in [-0.1, -0.05) is 54.4 Å². The van der Waals surface area contributed by atoms with E-state index >= 15 is 0 Å². The van der Waals surface area contributed by atoms with Crippen LogP contribution >= 0.6 is 23.2 Å². The second-order valence-electron chi connectivity index (χ2n) is 7.37. The molecule has 3 aromatic rings. The Morgan fingerprint density at radius 1 is 0.969 bits per heavy atom. The zero-order valence-corrected chi connectivity index (χ0v) is 18.5. The van der Waals surface area contributed by atoms with E-state index in [9.17, 15) is 19.1 Å². The number of carbonyl (C=O) groups is 2. The van der Waals surface area contributed by atoms with Gasteiger partial charge >= 0.3 is 0 Å². The lowest BCUT2D eigenvalue weighted by molar-refractivity contribution is -0.132. The van der Waals surface area contributed by atoms with E-state index in [1.54, 1.807) is 12.1 Å². The summed E-state index contributed by atoms with van der Waals surface area (Å²) >= 11 is 12.1. The van der Waals surface area contributed by atoms with Crippen LogP contribution in [0.2, 0.25) is 10.0 Å². The molecule has 1 aliphatic heterocycles. The molecule has 7 heteroatoms. The van der Waals surface area contributed by atoms with E-state index in [4.69, 9.17) is 23.2 Å². The number of benzene rings is 3. The molecule has 32 heavy (non-hydrogen) atoms. The predicted octanol–water partition coefficient (Wildman–Crippen LogP) is 6.32. The van der Waals surface area contributed by atoms with Crippen molar-refractivity contribution in [3.8, 4) is 0 Å². The summed E-state index contributed by atoms with van der Waals surface area (Å²) in [6, 6.07) is 16.2. The minimum absolute atomic E-state index is 0.112. The molecule has 0 saturated carbocycles. The number of nitrogens with zero attached hydrogens (tertiary/aromatic N) is 1. The van der Waals surface area contributed by atoms with Crippen molar-refractivity contribution in [3.63, 3.8) is 0 Å². The Morgan fingerprint density at radius 3 is 2.22 bits per heavy atom. The number of aryl methyl sites for hydroxylation is 1. The van der Waals surface area contributed by atoms with E-state index in [1.807, 2.05) is 19.1 Å². The molecule has 1 amide bonds. The van der Waals surface area contributed by atoms with Crippen molar-refractivity contribution in [2.45, 2.75) is 19.4 Å². The first-order chi connectivity index (χ1) is 15.3. The maximum absolute atomic E-state index is 13.6. The highest BCUT2D eigenvalue weighted by molar-refractivity contribution is 6.51. The van der Waals surface area contributed by atoms with Crippen LogP contribution in [0.15, 0.2) is 72.3 Å². The number of aliphatic hydroxyl groups is 1. The van der Waals surface area contributed by atoms with Crippen molar-refractivity contribution in [2.24, 2.45) is 0 Å². The van der Waals surface area contributed by atoms with Gasteiger partial charge in [0.25, 0.3) is 11.7 Å². The third-order valence-electron chi connectivity index (χ3n) is 5.45. The number of amides is 1. The van der Waals surface area contributed by atoms with Gasteiger partial charge in [0.15, 0.2) is 0 Å². The van der Waals surface area contributed by atoms with Crippen molar-refractivity contribution < 1.29 is 19.1 Å². The second-order valence-corrected chi connectivity index (χ2v) is 8.18. The van der Waals surface area contributed by atoms with Gasteiger partial charge < -0.3 is 5.11 Å². The smallest absolute Gasteiger partial charge is 0.300 e. The summed E-state index contributed by atoms with van der Waals surface area (Å²) in [6.45, 7) is 2.01. The van der Waals surface area contributed by atoms with Crippen LogP contribution in [0, 0.1) is 5.82 Å². The average molecular weight is 470 g/mol. The van der Waals surface area contributed by atoms with E-state index in [2.05, 4.69) is 0 Å². The van der Waals surface area contributed by atoms with E-state index in [1.165, 1.54) is 47.4 Å². The van der Waals surface area contributed by atoms with Crippen molar-refractivity contribution in [1.82, 2.24) is 0 Å². The number of carbonyl (C=O) groups excluding carboxylic acids is 2. The number of halogens is 3. The van der Waals surface area contributed by atoms with E-state index in [0.717, 1.165) is 12.0 Å². The maximum atomic E-state index is 13.6. The Kier molecular flexibility index (Phi) is 6.04. The molecule has 0 aliphatic carbocycles. The Labute approximate surface area is 194 Å². The molecule has 0 aromatic heterocycles. The van der Waals surface area contributed by atoms with E-state index in [0.29, 0.717) is 11.3 Å². The Balaban J connectivity index is 1.92. The van der Waals surface area contributed by atoms with Crippen molar-refractivity contribution in [1.29, 1.82) is 0 Å². The van der Waals surface area contributed by atoms with Crippen LogP contribution in [0.1, 0.15) is 29.7 Å². The Bertz CT molecular complexity index is 1240. The monoisotopic (exact) mass is 469 g/mol. The lowest BCUT2D eigenvalue weighted by Gasteiger charge is -2.25. The van der Waals surface area contributed by atoms with Crippen LogP contribution < -0.4 is 4.90 Å². The fourth-order valence-corrected chi connectivity index (χ4v) is 4.05. The SMILES string of the molecule is CCc1ccc(N2C(=O)C(=O)/C(=C(\O)c3ccc(Cl)c(Cl)c3)C2c2ccc(F)cc2)cc1. The molecule has 1 N–H and O–H groups in total. The van der Waals surface area contributed by atoms with Gasteiger partial charge in [-0.2, -0.15) is 0 Å². The number of Topliss-reactive ketones (excluding diaryl/α,β-unsaturated/α-hetero) is 1. The van der Waals surface area contributed by atoms with E-state index < -0.39 is 23.5 Å². The number of hydrogen-bond acceptors (Lipinski definition) is 3. The number of anilines is 1. The topological polar surface area (TPSA) is 57.6 Å². The van der Waals surface area contributed by atoms with Crippen LogP contribution in [0.5, 0.6) is 0 Å². The van der Waals surface area contributed by atoms with Gasteiger partial charge in [-0.25, -0.2) is 4.39 Å². The first-order valence-corrected chi connectivity index (χ1v) is 10.7. The molecular weight excluding hydrogens is 452 g/mol. The zero-order valence-electron chi connectivity index (χ0n) is 17.0. The summed E-state index contributed by atoms with van der Waals surface area (Å²) in [4.78, 5) is 27.5. The zero-order chi connectivity index (χ0) is 23.0.